The Morgan fingerprint density at radius 2 is 2.26 bits per heavy atom. The van der Waals surface area contributed by atoms with Gasteiger partial charge in [0.15, 0.2) is 17.2 Å². The molecule has 0 aliphatic carbocycles. The summed E-state index contributed by atoms with van der Waals surface area (Å²) in [4.78, 5) is 30.4. The Bertz CT molecular complexity index is 764. The van der Waals surface area contributed by atoms with Crippen molar-refractivity contribution in [2.75, 3.05) is 5.32 Å². The molecule has 0 radical (unpaired) electrons. The number of H-pyrrole nitrogens is 1. The van der Waals surface area contributed by atoms with Crippen LogP contribution in [-0.4, -0.2) is 30.8 Å². The highest BCUT2D eigenvalue weighted by atomic mass is 35.5. The van der Waals surface area contributed by atoms with E-state index in [0.717, 1.165) is 0 Å². The van der Waals surface area contributed by atoms with Crippen molar-refractivity contribution in [1.82, 2.24) is 24.9 Å². The summed E-state index contributed by atoms with van der Waals surface area (Å²) >= 11 is 5.93. The van der Waals surface area contributed by atoms with Crippen LogP contribution in [0.4, 0.5) is 5.95 Å². The van der Waals surface area contributed by atoms with Gasteiger partial charge >= 0.3 is 0 Å². The first-order valence-corrected chi connectivity index (χ1v) is 5.61. The number of hydrogen-bond acceptors (Lipinski definition) is 6. The fourth-order valence-corrected chi connectivity index (χ4v) is 1.75. The van der Waals surface area contributed by atoms with Gasteiger partial charge in [0, 0.05) is 0 Å². The van der Waals surface area contributed by atoms with E-state index in [4.69, 9.17) is 16.0 Å². The van der Waals surface area contributed by atoms with Crippen molar-refractivity contribution in [3.05, 3.63) is 29.3 Å². The molecule has 96 valence electrons. The molecule has 0 bridgehead atoms. The second kappa shape index (κ2) is 4.32. The third-order valence-electron chi connectivity index (χ3n) is 2.42. The number of rotatable bonds is 2. The molecule has 0 aliphatic heterocycles. The normalized spacial score (nSPS) is 10.8. The summed E-state index contributed by atoms with van der Waals surface area (Å²) in [5, 5.41) is 2.65. The predicted octanol–water partition coefficient (Wildman–Crippen LogP) is 1.56. The highest BCUT2D eigenvalue weighted by Gasteiger charge is 2.16. The number of fused-ring (bicyclic) bond motifs is 1. The lowest BCUT2D eigenvalue weighted by molar-refractivity contribution is 0.0995. The van der Waals surface area contributed by atoms with Crippen molar-refractivity contribution < 1.29 is 9.21 Å². The van der Waals surface area contributed by atoms with Crippen LogP contribution < -0.4 is 5.32 Å². The molecule has 0 aromatic carbocycles. The molecule has 0 spiro atoms. The number of aromatic amines is 1. The number of aryl methyl sites for hydroxylation is 1. The Morgan fingerprint density at radius 3 is 3.00 bits per heavy atom. The van der Waals surface area contributed by atoms with Crippen LogP contribution in [0.2, 0.25) is 5.15 Å². The first-order valence-electron chi connectivity index (χ1n) is 5.23. The SMILES string of the molecule is Cc1ncoc1C(=O)Nc1nc(Cl)c2[nH]cnc2n1. The second-order valence-corrected chi connectivity index (χ2v) is 4.02. The standard InChI is InChI=1S/C10H7ClN6O2/c1-4-6(19-3-14-4)9(18)17-10-15-7(11)5-8(16-10)13-2-12-5/h2-3H,1H3,(H2,12,13,15,16,17,18). The van der Waals surface area contributed by atoms with Gasteiger partial charge in [0.2, 0.25) is 11.7 Å². The van der Waals surface area contributed by atoms with E-state index in [1.54, 1.807) is 6.92 Å². The van der Waals surface area contributed by atoms with Crippen LogP contribution >= 0.6 is 11.6 Å². The molecule has 0 atom stereocenters. The van der Waals surface area contributed by atoms with Crippen molar-refractivity contribution in [2.24, 2.45) is 0 Å². The summed E-state index contributed by atoms with van der Waals surface area (Å²) < 4.78 is 4.97. The zero-order valence-corrected chi connectivity index (χ0v) is 10.4. The number of nitrogens with zero attached hydrogens (tertiary/aromatic N) is 4. The molecule has 0 fully saturated rings. The van der Waals surface area contributed by atoms with Crippen LogP contribution in [0.3, 0.4) is 0 Å². The number of aromatic nitrogens is 5. The minimum atomic E-state index is -0.499. The average molecular weight is 279 g/mol. The van der Waals surface area contributed by atoms with E-state index < -0.39 is 5.91 Å². The maximum absolute atomic E-state index is 11.9. The van der Waals surface area contributed by atoms with Crippen molar-refractivity contribution in [1.29, 1.82) is 0 Å². The van der Waals surface area contributed by atoms with Gasteiger partial charge in [-0.3, -0.25) is 10.1 Å². The van der Waals surface area contributed by atoms with Gasteiger partial charge in [-0.25, -0.2) is 9.97 Å². The summed E-state index contributed by atoms with van der Waals surface area (Å²) in [6.45, 7) is 1.66. The second-order valence-electron chi connectivity index (χ2n) is 3.66. The molecule has 3 aromatic rings. The average Bonchev–Trinajstić information content (AvgIpc) is 2.97. The molecule has 9 heteroatoms. The lowest BCUT2D eigenvalue weighted by atomic mass is 10.3. The number of carbonyl (C=O) groups is 1. The molecular formula is C10H7ClN6O2. The summed E-state index contributed by atoms with van der Waals surface area (Å²) in [7, 11) is 0. The quantitative estimate of drug-likeness (QED) is 0.688. The lowest BCUT2D eigenvalue weighted by Gasteiger charge is -2.02. The summed E-state index contributed by atoms with van der Waals surface area (Å²) in [5.41, 5.74) is 1.35. The van der Waals surface area contributed by atoms with Gasteiger partial charge in [0.1, 0.15) is 5.52 Å². The Balaban J connectivity index is 1.93. The molecule has 0 aliphatic rings. The first-order chi connectivity index (χ1) is 9.15. The van der Waals surface area contributed by atoms with Gasteiger partial charge in [0.25, 0.3) is 5.91 Å². The number of oxazole rings is 1. The van der Waals surface area contributed by atoms with Crippen molar-refractivity contribution >= 4 is 34.6 Å². The Morgan fingerprint density at radius 1 is 1.42 bits per heavy atom. The van der Waals surface area contributed by atoms with Crippen LogP contribution in [0, 0.1) is 6.92 Å². The van der Waals surface area contributed by atoms with Gasteiger partial charge in [-0.1, -0.05) is 11.6 Å². The number of imidazole rings is 1. The molecule has 3 aromatic heterocycles. The molecule has 3 heterocycles. The van der Waals surface area contributed by atoms with Crippen molar-refractivity contribution in [2.45, 2.75) is 6.92 Å². The van der Waals surface area contributed by atoms with Gasteiger partial charge in [0.05, 0.1) is 12.0 Å². The van der Waals surface area contributed by atoms with Gasteiger partial charge in [-0.05, 0) is 6.92 Å². The summed E-state index contributed by atoms with van der Waals surface area (Å²) in [5.74, 6) is -0.354. The molecule has 8 nitrogen and oxygen atoms in total. The molecule has 1 amide bonds. The zero-order chi connectivity index (χ0) is 13.4. The Labute approximate surface area is 111 Å². The largest absolute Gasteiger partial charge is 0.438 e. The van der Waals surface area contributed by atoms with E-state index in [1.165, 1.54) is 12.7 Å². The predicted molar refractivity (Wildman–Crippen MR) is 65.9 cm³/mol. The maximum atomic E-state index is 11.9. The molecular weight excluding hydrogens is 272 g/mol. The fourth-order valence-electron chi connectivity index (χ4n) is 1.53. The number of hydrogen-bond donors (Lipinski definition) is 2. The lowest BCUT2D eigenvalue weighted by Crippen LogP contribution is -2.14. The van der Waals surface area contributed by atoms with Crippen LogP contribution in [0.15, 0.2) is 17.1 Å². The van der Waals surface area contributed by atoms with Crippen molar-refractivity contribution in [3.8, 4) is 0 Å². The highest BCUT2D eigenvalue weighted by molar-refractivity contribution is 6.33. The van der Waals surface area contributed by atoms with E-state index in [-0.39, 0.29) is 16.9 Å². The number of nitrogens with one attached hydrogen (secondary N) is 2. The fraction of sp³-hybridized carbons (Fsp3) is 0.100. The van der Waals surface area contributed by atoms with Gasteiger partial charge < -0.3 is 9.40 Å². The van der Waals surface area contributed by atoms with Crippen LogP contribution in [0.5, 0.6) is 0 Å². The third-order valence-corrected chi connectivity index (χ3v) is 2.69. The van der Waals surface area contributed by atoms with Crippen molar-refractivity contribution in [3.63, 3.8) is 0 Å². The van der Waals surface area contributed by atoms with E-state index in [1.807, 2.05) is 0 Å². The first kappa shape index (κ1) is 11.6. The monoisotopic (exact) mass is 278 g/mol. The number of anilines is 1. The van der Waals surface area contributed by atoms with E-state index in [9.17, 15) is 4.79 Å². The van der Waals surface area contributed by atoms with Crippen LogP contribution in [0.1, 0.15) is 16.2 Å². The topological polar surface area (TPSA) is 110 Å². The molecule has 19 heavy (non-hydrogen) atoms. The minimum absolute atomic E-state index is 0.0467. The molecule has 0 unspecified atom stereocenters. The number of amides is 1. The number of halogens is 1. The zero-order valence-electron chi connectivity index (χ0n) is 9.64. The van der Waals surface area contributed by atoms with E-state index >= 15 is 0 Å². The maximum Gasteiger partial charge on any atom is 0.295 e. The summed E-state index contributed by atoms with van der Waals surface area (Å²) in [6, 6.07) is 0. The molecule has 3 rings (SSSR count). The molecule has 0 saturated carbocycles. The van der Waals surface area contributed by atoms with Crippen LogP contribution in [-0.2, 0) is 0 Å². The van der Waals surface area contributed by atoms with Crippen LogP contribution in [0.25, 0.3) is 11.2 Å². The van der Waals surface area contributed by atoms with E-state index in [0.29, 0.717) is 16.9 Å². The van der Waals surface area contributed by atoms with E-state index in [2.05, 4.69) is 30.2 Å². The van der Waals surface area contributed by atoms with Gasteiger partial charge in [-0.2, -0.15) is 9.97 Å². The Kier molecular flexibility index (Phi) is 2.64. The summed E-state index contributed by atoms with van der Waals surface area (Å²) in [6.07, 6.45) is 2.63. The third kappa shape index (κ3) is 2.02. The minimum Gasteiger partial charge on any atom is -0.438 e. The Hall–Kier alpha value is -2.48. The van der Waals surface area contributed by atoms with Gasteiger partial charge in [-0.15, -0.1) is 0 Å². The highest BCUT2D eigenvalue weighted by Crippen LogP contribution is 2.18. The molecule has 2 N–H and O–H groups in total. The smallest absolute Gasteiger partial charge is 0.295 e. The number of carbonyl (C=O) groups excluding carboxylic acids is 1. The molecule has 0 saturated heterocycles.